The van der Waals surface area contributed by atoms with Crippen molar-refractivity contribution in [2.24, 2.45) is 0 Å². The number of aromatic nitrogens is 4. The average Bonchev–Trinajstić information content (AvgIpc) is 2.94. The maximum Gasteiger partial charge on any atom is 0.328 e. The average molecular weight is 245 g/mol. The summed E-state index contributed by atoms with van der Waals surface area (Å²) < 4.78 is 5.00. The van der Waals surface area contributed by atoms with E-state index in [4.69, 9.17) is 4.74 Å². The molecule has 0 aliphatic carbocycles. The Morgan fingerprint density at radius 3 is 3.00 bits per heavy atom. The highest BCUT2D eigenvalue weighted by Crippen LogP contribution is 2.34. The first kappa shape index (κ1) is 10.4. The molecule has 0 fully saturated rings. The van der Waals surface area contributed by atoms with Gasteiger partial charge in [0.25, 0.3) is 0 Å². The molecule has 0 saturated heterocycles. The van der Waals surface area contributed by atoms with Gasteiger partial charge in [-0.1, -0.05) is 23.3 Å². The Bertz CT molecular complexity index is 610. The van der Waals surface area contributed by atoms with Gasteiger partial charge in [-0.3, -0.25) is 14.9 Å². The summed E-state index contributed by atoms with van der Waals surface area (Å²) in [6, 6.07) is 6.77. The number of hydrogen-bond donors (Lipinski definition) is 2. The summed E-state index contributed by atoms with van der Waals surface area (Å²) in [4.78, 5) is 23.6. The van der Waals surface area contributed by atoms with Crippen molar-refractivity contribution in [3.8, 4) is 5.75 Å². The SMILES string of the molecule is O=C(Nc1nnn[nH]1)C1C(=O)Oc2ccccc21. The standard InChI is InChI=1S/C10H7N5O3/c16-8(11-10-12-14-15-13-10)7-5-3-1-2-4-6(5)18-9(7)17/h1-4,7H,(H2,11,12,13,14,15,16). The number of rotatable bonds is 2. The lowest BCUT2D eigenvalue weighted by Gasteiger charge is -2.05. The first-order chi connectivity index (χ1) is 8.75. The molecule has 1 unspecified atom stereocenters. The van der Waals surface area contributed by atoms with Gasteiger partial charge in [-0.15, -0.1) is 0 Å². The van der Waals surface area contributed by atoms with Crippen molar-refractivity contribution in [1.82, 2.24) is 20.6 Å². The van der Waals surface area contributed by atoms with Gasteiger partial charge in [0, 0.05) is 5.56 Å². The third kappa shape index (κ3) is 1.59. The predicted octanol–water partition coefficient (Wildman–Crippen LogP) is -0.159. The molecule has 0 saturated carbocycles. The van der Waals surface area contributed by atoms with E-state index >= 15 is 0 Å². The minimum Gasteiger partial charge on any atom is -0.425 e. The van der Waals surface area contributed by atoms with Crippen LogP contribution >= 0.6 is 0 Å². The summed E-state index contributed by atoms with van der Waals surface area (Å²) in [6.07, 6.45) is 0. The van der Waals surface area contributed by atoms with Gasteiger partial charge in [0.05, 0.1) is 0 Å². The number of carbonyl (C=O) groups excluding carboxylic acids is 2. The summed E-state index contributed by atoms with van der Waals surface area (Å²) in [6.45, 7) is 0. The van der Waals surface area contributed by atoms with E-state index in [9.17, 15) is 9.59 Å². The maximum absolute atomic E-state index is 12.0. The molecule has 0 radical (unpaired) electrons. The van der Waals surface area contributed by atoms with Crippen molar-refractivity contribution in [1.29, 1.82) is 0 Å². The molecular formula is C10H7N5O3. The highest BCUT2D eigenvalue weighted by atomic mass is 16.5. The van der Waals surface area contributed by atoms with E-state index in [1.54, 1.807) is 24.3 Å². The van der Waals surface area contributed by atoms with Crippen molar-refractivity contribution in [3.05, 3.63) is 29.8 Å². The van der Waals surface area contributed by atoms with Crippen LogP contribution in [0.3, 0.4) is 0 Å². The second kappa shape index (κ2) is 3.91. The number of fused-ring (bicyclic) bond motifs is 1. The number of esters is 1. The van der Waals surface area contributed by atoms with Gasteiger partial charge in [0.15, 0.2) is 5.92 Å². The molecule has 1 aliphatic heterocycles. The van der Waals surface area contributed by atoms with Gasteiger partial charge < -0.3 is 4.74 Å². The molecule has 1 aromatic heterocycles. The lowest BCUT2D eigenvalue weighted by molar-refractivity contribution is -0.137. The van der Waals surface area contributed by atoms with E-state index in [0.29, 0.717) is 11.3 Å². The van der Waals surface area contributed by atoms with Gasteiger partial charge in [-0.2, -0.15) is 0 Å². The van der Waals surface area contributed by atoms with E-state index in [2.05, 4.69) is 25.9 Å². The van der Waals surface area contributed by atoms with E-state index < -0.39 is 17.8 Å². The van der Waals surface area contributed by atoms with Gasteiger partial charge >= 0.3 is 5.97 Å². The number of H-pyrrole nitrogens is 1. The third-order valence-electron chi connectivity index (χ3n) is 2.53. The van der Waals surface area contributed by atoms with Crippen LogP contribution in [0.15, 0.2) is 24.3 Å². The monoisotopic (exact) mass is 245 g/mol. The quantitative estimate of drug-likeness (QED) is 0.432. The van der Waals surface area contributed by atoms with Gasteiger partial charge in [0.2, 0.25) is 11.9 Å². The van der Waals surface area contributed by atoms with Crippen molar-refractivity contribution < 1.29 is 14.3 Å². The van der Waals surface area contributed by atoms with Gasteiger partial charge in [-0.25, -0.2) is 5.10 Å². The van der Waals surface area contributed by atoms with Crippen LogP contribution in [0.5, 0.6) is 5.75 Å². The number of carbonyl (C=O) groups is 2. The number of tetrazole rings is 1. The molecule has 1 atom stereocenters. The normalized spacial score (nSPS) is 17.1. The number of amides is 1. The number of aromatic amines is 1. The molecule has 1 aromatic carbocycles. The topological polar surface area (TPSA) is 110 Å². The summed E-state index contributed by atoms with van der Waals surface area (Å²) in [5.41, 5.74) is 0.535. The fraction of sp³-hybridized carbons (Fsp3) is 0.100. The summed E-state index contributed by atoms with van der Waals surface area (Å²) in [7, 11) is 0. The van der Waals surface area contributed by atoms with E-state index in [-0.39, 0.29) is 5.95 Å². The fourth-order valence-electron chi connectivity index (χ4n) is 1.76. The van der Waals surface area contributed by atoms with Crippen LogP contribution in [-0.4, -0.2) is 32.5 Å². The Morgan fingerprint density at radius 1 is 1.39 bits per heavy atom. The number of benzene rings is 1. The van der Waals surface area contributed by atoms with Crippen molar-refractivity contribution in [2.45, 2.75) is 5.92 Å². The van der Waals surface area contributed by atoms with E-state index in [1.807, 2.05) is 0 Å². The highest BCUT2D eigenvalue weighted by Gasteiger charge is 2.38. The van der Waals surface area contributed by atoms with Crippen LogP contribution in [0, 0.1) is 0 Å². The van der Waals surface area contributed by atoms with Crippen LogP contribution in [0.1, 0.15) is 11.5 Å². The molecule has 8 nitrogen and oxygen atoms in total. The summed E-state index contributed by atoms with van der Waals surface area (Å²) in [5, 5.41) is 14.9. The Hall–Kier alpha value is -2.77. The first-order valence-electron chi connectivity index (χ1n) is 5.11. The van der Waals surface area contributed by atoms with Crippen LogP contribution in [0.2, 0.25) is 0 Å². The second-order valence-corrected chi connectivity index (χ2v) is 3.63. The largest absolute Gasteiger partial charge is 0.425 e. The smallest absolute Gasteiger partial charge is 0.328 e. The number of hydrogen-bond acceptors (Lipinski definition) is 6. The molecule has 1 aliphatic rings. The van der Waals surface area contributed by atoms with Crippen LogP contribution in [-0.2, 0) is 9.59 Å². The Morgan fingerprint density at radius 2 is 2.22 bits per heavy atom. The second-order valence-electron chi connectivity index (χ2n) is 3.63. The molecule has 2 heterocycles. The molecule has 90 valence electrons. The summed E-state index contributed by atoms with van der Waals surface area (Å²) >= 11 is 0. The van der Waals surface area contributed by atoms with Gasteiger partial charge in [-0.05, 0) is 16.5 Å². The van der Waals surface area contributed by atoms with Gasteiger partial charge in [0.1, 0.15) is 5.75 Å². The first-order valence-corrected chi connectivity index (χ1v) is 5.11. The minimum absolute atomic E-state index is 0.0807. The molecule has 2 aromatic rings. The zero-order valence-electron chi connectivity index (χ0n) is 8.95. The van der Waals surface area contributed by atoms with E-state index in [0.717, 1.165) is 0 Å². The maximum atomic E-state index is 12.0. The number of anilines is 1. The lowest BCUT2D eigenvalue weighted by atomic mass is 10.0. The van der Waals surface area contributed by atoms with Crippen LogP contribution in [0.25, 0.3) is 0 Å². The van der Waals surface area contributed by atoms with Crippen LogP contribution < -0.4 is 10.1 Å². The lowest BCUT2D eigenvalue weighted by Crippen LogP contribution is -2.26. The Balaban J connectivity index is 1.88. The number of nitrogens with zero attached hydrogens (tertiary/aromatic N) is 3. The molecule has 18 heavy (non-hydrogen) atoms. The van der Waals surface area contributed by atoms with Crippen LogP contribution in [0.4, 0.5) is 5.95 Å². The predicted molar refractivity (Wildman–Crippen MR) is 57.6 cm³/mol. The minimum atomic E-state index is -0.994. The van der Waals surface area contributed by atoms with Crippen molar-refractivity contribution in [2.75, 3.05) is 5.32 Å². The molecular weight excluding hydrogens is 238 g/mol. The zero-order chi connectivity index (χ0) is 12.5. The summed E-state index contributed by atoms with van der Waals surface area (Å²) in [5.74, 6) is -1.66. The number of para-hydroxylation sites is 1. The third-order valence-corrected chi connectivity index (χ3v) is 2.53. The zero-order valence-corrected chi connectivity index (χ0v) is 8.95. The number of ether oxygens (including phenoxy) is 1. The molecule has 1 amide bonds. The Labute approximate surface area is 100 Å². The Kier molecular flexibility index (Phi) is 2.26. The molecule has 3 rings (SSSR count). The van der Waals surface area contributed by atoms with E-state index in [1.165, 1.54) is 0 Å². The fourth-order valence-corrected chi connectivity index (χ4v) is 1.76. The molecule has 8 heteroatoms. The van der Waals surface area contributed by atoms with Crippen molar-refractivity contribution >= 4 is 17.8 Å². The highest BCUT2D eigenvalue weighted by molar-refractivity contribution is 6.11. The van der Waals surface area contributed by atoms with Crippen molar-refractivity contribution in [3.63, 3.8) is 0 Å². The molecule has 0 spiro atoms. The molecule has 2 N–H and O–H groups in total. The molecule has 0 bridgehead atoms. The number of nitrogens with one attached hydrogen (secondary N) is 2.